The zero-order valence-electron chi connectivity index (χ0n) is 127. The highest BCUT2D eigenvalue weighted by atomic mass is 16.6. The third-order valence-electron chi connectivity index (χ3n) is 20.9. The van der Waals surface area contributed by atoms with E-state index >= 15 is 0 Å². The lowest BCUT2D eigenvalue weighted by atomic mass is 9.79. The zero-order valence-corrected chi connectivity index (χ0v) is 70.7. The van der Waals surface area contributed by atoms with Gasteiger partial charge in [0, 0.05) is 181 Å². The number of piperidine rings is 4. The highest BCUT2D eigenvalue weighted by molar-refractivity contribution is 5.77. The van der Waals surface area contributed by atoms with E-state index in [2.05, 4.69) is 0 Å². The van der Waals surface area contributed by atoms with Crippen molar-refractivity contribution in [1.29, 1.82) is 0 Å². The van der Waals surface area contributed by atoms with E-state index in [1.54, 1.807) is 55.4 Å². The minimum atomic E-state index is -3.30. The second-order valence-corrected chi connectivity index (χ2v) is 30.9. The van der Waals surface area contributed by atoms with E-state index in [-0.39, 0.29) is 45.6 Å². The van der Waals surface area contributed by atoms with Crippen molar-refractivity contribution >= 4 is 23.9 Å². The van der Waals surface area contributed by atoms with Crippen LogP contribution in [0.1, 0.15) is 307 Å². The molecule has 0 radical (unpaired) electrons. The number of hydrogen-bond acceptors (Lipinski definition) is 24. The molecule has 8 heterocycles. The molecule has 4 aromatic carbocycles. The molecule has 4 aromatic rings. The maximum atomic E-state index is 13.2. The Morgan fingerprint density at radius 1 is 0.375 bits per heavy atom. The lowest BCUT2D eigenvalue weighted by Gasteiger charge is -2.47. The average molecular weight is 1730 g/mol. The Labute approximate surface area is 797 Å². The number of ether oxygens (including phenoxy) is 12. The quantitative estimate of drug-likeness (QED) is 0.0303. The fourth-order valence-electron chi connectivity index (χ4n) is 14.1. The summed E-state index contributed by atoms with van der Waals surface area (Å²) in [5.74, 6) is -28.8. The van der Waals surface area contributed by atoms with E-state index in [0.29, 0.717) is 0 Å². The summed E-state index contributed by atoms with van der Waals surface area (Å²) in [5.41, 5.74) is 20.2. The predicted molar refractivity (Wildman–Crippen MR) is 471 cm³/mol. The minimum absolute atomic E-state index is 0.129. The Balaban J connectivity index is 0.000000257. The number of nitrogens with zero attached hydrogens (tertiary/aromatic N) is 4. The third kappa shape index (κ3) is 23.8. The van der Waals surface area contributed by atoms with Crippen molar-refractivity contribution in [2.75, 3.05) is 109 Å². The summed E-state index contributed by atoms with van der Waals surface area (Å²) in [6, 6.07) is -15.9. The van der Waals surface area contributed by atoms with Gasteiger partial charge in [-0.05, 0) is 191 Å². The Hall–Kier alpha value is -7.16. The average Bonchev–Trinajstić information content (AvgIpc) is 0.668. The van der Waals surface area contributed by atoms with Crippen LogP contribution in [-0.2, 0) is 63.6 Å². The van der Waals surface area contributed by atoms with Gasteiger partial charge in [0.15, 0.2) is 46.0 Å². The highest BCUT2D eigenvalue weighted by Crippen LogP contribution is 2.50. The number of methoxy groups -OCH3 is 8. The molecule has 12 rings (SSSR count). The van der Waals surface area contributed by atoms with Gasteiger partial charge in [-0.15, -0.1) is 0 Å². The molecule has 8 aliphatic rings. The van der Waals surface area contributed by atoms with Gasteiger partial charge in [0.1, 0.15) is 48.5 Å². The summed E-state index contributed by atoms with van der Waals surface area (Å²) in [5, 5.41) is 0. The molecule has 672 valence electrons. The summed E-state index contributed by atoms with van der Waals surface area (Å²) in [7, 11) is 0.532. The molecule has 24 nitrogen and oxygen atoms in total. The lowest BCUT2D eigenvalue weighted by molar-refractivity contribution is -0.161. The molecule has 0 spiro atoms. The molecule has 24 heteroatoms. The van der Waals surface area contributed by atoms with Crippen molar-refractivity contribution in [3.63, 3.8) is 0 Å². The first-order valence-electron chi connectivity index (χ1n) is 67.0. The zero-order chi connectivity index (χ0) is 137. The first-order chi connectivity index (χ1) is 78.7. The van der Waals surface area contributed by atoms with Gasteiger partial charge in [-0.3, -0.25) is 38.8 Å². The van der Waals surface area contributed by atoms with Crippen LogP contribution in [-0.4, -0.2) is 201 Å². The monoisotopic (exact) mass is 1730 g/mol. The van der Waals surface area contributed by atoms with E-state index < -0.39 is 431 Å². The standard InChI is InChI=1S/4C24H38N2O4/c4*1-14(2)9-17-13-26-8-7-16-10-21(28-5)22(29-6)11-18(16)19(26)12-20(17)30-24(27)23(25)15(3)4/h4*10-11,14-15,17,19-20,23H,7-9,12-13,25H2,1-6H3/t4*17?,19?,20?,23-/m0000/s1/i1D3,5D3,7D2,8D2,9D2,10D,11D,14D,20D;1D3,7D2,8D2,9D2,10D,11D,14D,20D;1D3,5D3,7D2,8D2,9D2,10D,11D,14D;1D3,7D2,8D2,9D2,10D,11D,14D/t4*14?,17?,19?,20?,23-. The third-order valence-corrected chi connectivity index (χ3v) is 20.9. The Bertz CT molecular complexity index is 6720. The SMILES string of the molecule is [2H]c1c(OC)c(OC([2H])([2H])[2H])c([2H])c2c1C1CC(OC(=O)[C@@H](N)C(C)C)C(C([2H])([2H])C([2H])(C)C([2H])([2H])[2H])CN1C([2H])([2H])C2([2H])[2H].[2H]c1c(OC)c(OC([2H])([2H])[2H])c([2H])c2c1C1CC([2H])(OC(=O)[C@@H](N)C(C)C)C(C([2H])([2H])C([2H])(C)C([2H])([2H])[2H])CN1C([2H])([2H])C2([2H])[2H].[2H]c1c(OC)c(OC)c([2H])c2c1C1CC(OC(=O)[C@@H](N)C(C)C)C(C([2H])([2H])C([2H])(C)C([2H])([2H])[2H])CN1C([2H])([2H])C2([2H])[2H].[2H]c1c(OC)c(OC)c([2H])c2c1C1CC([2H])(OC(=O)[C@@H](N)C(C)C)C(C([2H])([2H])C([2H])(C)C([2H])([2H])[2H])CN1C([2H])([2H])C2([2H])[2H]. The number of fused-ring (bicyclic) bond motifs is 12. The van der Waals surface area contributed by atoms with E-state index in [1.807, 2.05) is 0 Å². The largest absolute Gasteiger partial charge is 0.493 e. The van der Waals surface area contributed by atoms with E-state index in [1.165, 1.54) is 28.4 Å². The number of hydrogen-bond donors (Lipinski definition) is 4. The number of rotatable bonds is 28. The second kappa shape index (κ2) is 43.9. The summed E-state index contributed by atoms with van der Waals surface area (Å²) >= 11 is 0. The molecule has 0 aliphatic carbocycles. The van der Waals surface area contributed by atoms with Crippen LogP contribution in [0.5, 0.6) is 46.0 Å². The number of carbonyl (C=O) groups is 4. The fraction of sp³-hybridized carbons (Fsp3) is 0.708. The van der Waals surface area contributed by atoms with Crippen molar-refractivity contribution < 1.29 is 153 Å². The molecule has 120 heavy (non-hydrogen) atoms. The summed E-state index contributed by atoms with van der Waals surface area (Å²) in [4.78, 5) is 55.8. The maximum Gasteiger partial charge on any atom is 0.323 e. The number of benzene rings is 4. The van der Waals surface area contributed by atoms with Crippen LogP contribution in [0.3, 0.4) is 0 Å². The Kier molecular flexibility index (Phi) is 16.5. The maximum absolute atomic E-state index is 13.2. The van der Waals surface area contributed by atoms with E-state index in [4.69, 9.17) is 154 Å². The van der Waals surface area contributed by atoms with Gasteiger partial charge < -0.3 is 79.8 Å². The predicted octanol–water partition coefficient (Wildman–Crippen LogP) is 14.3. The number of esters is 4. The Morgan fingerprint density at radius 3 is 0.842 bits per heavy atom. The summed E-state index contributed by atoms with van der Waals surface area (Å²) < 4.78 is 539. The summed E-state index contributed by atoms with van der Waals surface area (Å²) in [6.45, 7) is -12.3. The van der Waals surface area contributed by atoms with Crippen LogP contribution < -0.4 is 60.8 Å². The molecule has 4 saturated heterocycles. The molecular weight excluding hydrogens is 1520 g/mol. The first-order valence-corrected chi connectivity index (χ1v) is 39.0. The van der Waals surface area contributed by atoms with Gasteiger partial charge in [0.2, 0.25) is 0 Å². The van der Waals surface area contributed by atoms with E-state index in [9.17, 15) is 21.9 Å². The van der Waals surface area contributed by atoms with Crippen LogP contribution in [0.25, 0.3) is 0 Å². The molecule has 4 fully saturated rings. The minimum Gasteiger partial charge on any atom is -0.493 e. The highest BCUT2D eigenvalue weighted by Gasteiger charge is 2.47. The van der Waals surface area contributed by atoms with Crippen LogP contribution in [0, 0.1) is 70.9 Å². The van der Waals surface area contributed by atoms with Crippen molar-refractivity contribution in [2.45, 2.75) is 260 Å². The van der Waals surface area contributed by atoms with Gasteiger partial charge in [0.05, 0.1) is 78.7 Å². The second-order valence-electron chi connectivity index (χ2n) is 30.9. The molecule has 0 aromatic heterocycles. The molecule has 0 bridgehead atoms. The topological polar surface area (TPSA) is 296 Å². The van der Waals surface area contributed by atoms with Crippen LogP contribution >= 0.6 is 0 Å². The van der Waals surface area contributed by atoms with Gasteiger partial charge in [-0.2, -0.15) is 0 Å². The normalized spacial score (nSPS) is 39.4. The number of carbonyl (C=O) groups excluding carboxylic acids is 4. The van der Waals surface area contributed by atoms with Gasteiger partial charge >= 0.3 is 23.9 Å². The molecule has 20 atom stereocenters. The van der Waals surface area contributed by atoms with Crippen LogP contribution in [0.4, 0.5) is 0 Å². The van der Waals surface area contributed by atoms with Gasteiger partial charge in [-0.25, -0.2) is 0 Å². The fourth-order valence-corrected chi connectivity index (χ4v) is 14.1. The van der Waals surface area contributed by atoms with Crippen LogP contribution in [0.15, 0.2) is 48.3 Å². The Morgan fingerprint density at radius 2 is 0.600 bits per heavy atom. The lowest BCUT2D eigenvalue weighted by Crippen LogP contribution is -2.51. The van der Waals surface area contributed by atoms with Gasteiger partial charge in [-0.1, -0.05) is 110 Å². The van der Waals surface area contributed by atoms with Gasteiger partial charge in [0.25, 0.3) is 0 Å². The van der Waals surface area contributed by atoms with Crippen molar-refractivity contribution in [3.8, 4) is 46.0 Å². The molecule has 8 N–H and O–H groups in total. The van der Waals surface area contributed by atoms with Crippen molar-refractivity contribution in [2.24, 2.45) is 93.9 Å². The molecule has 0 saturated carbocycles. The smallest absolute Gasteiger partial charge is 0.323 e. The van der Waals surface area contributed by atoms with Crippen molar-refractivity contribution in [1.82, 2.24) is 19.6 Å². The molecule has 8 aliphatic heterocycles. The van der Waals surface area contributed by atoms with E-state index in [0.717, 1.165) is 61.5 Å². The first kappa shape index (κ1) is 45.1. The molecule has 0 amide bonds. The molecule has 16 unspecified atom stereocenters. The number of nitrogens with two attached hydrogens (primary N) is 4. The van der Waals surface area contributed by atoms with Crippen molar-refractivity contribution in [3.05, 3.63) is 92.8 Å². The summed E-state index contributed by atoms with van der Waals surface area (Å²) in [6.07, 6.45) is -35.8. The van der Waals surface area contributed by atoms with Crippen LogP contribution in [0.2, 0.25) is 0 Å². The molecular formula is C96H152N8O16.